The van der Waals surface area contributed by atoms with Crippen LogP contribution in [-0.2, 0) is 23.9 Å². The van der Waals surface area contributed by atoms with Gasteiger partial charge in [0, 0.05) is 13.3 Å². The summed E-state index contributed by atoms with van der Waals surface area (Å²) >= 11 is 0. The predicted molar refractivity (Wildman–Crippen MR) is 63.2 cm³/mol. The van der Waals surface area contributed by atoms with Crippen molar-refractivity contribution in [2.24, 2.45) is 0 Å². The highest BCUT2D eigenvalue weighted by molar-refractivity contribution is 5.82. The summed E-state index contributed by atoms with van der Waals surface area (Å²) in [5, 5.41) is 1.80. The van der Waals surface area contributed by atoms with Gasteiger partial charge in [0.15, 0.2) is 0 Å². The van der Waals surface area contributed by atoms with Gasteiger partial charge in [0.05, 0.1) is 18.2 Å². The van der Waals surface area contributed by atoms with Crippen LogP contribution in [0.3, 0.4) is 0 Å². The minimum absolute atomic E-state index is 0.0183. The molecule has 0 bridgehead atoms. The van der Waals surface area contributed by atoms with Crippen LogP contribution in [0.1, 0.15) is 26.7 Å². The highest BCUT2D eigenvalue weighted by Crippen LogP contribution is 2.25. The molecule has 1 aliphatic heterocycles. The highest BCUT2D eigenvalue weighted by atomic mass is 19.4. The number of aldehydes is 1. The number of halogens is 3. The van der Waals surface area contributed by atoms with Gasteiger partial charge in [0.25, 0.3) is 0 Å². The van der Waals surface area contributed by atoms with E-state index in [1.165, 1.54) is 6.92 Å². The molecule has 1 amide bonds. The first kappa shape index (κ1) is 17.4. The lowest BCUT2D eigenvalue weighted by Gasteiger charge is -2.39. The lowest BCUT2D eigenvalue weighted by Crippen LogP contribution is -2.58. The van der Waals surface area contributed by atoms with Gasteiger partial charge < -0.3 is 19.6 Å². The lowest BCUT2D eigenvalue weighted by atomic mass is 9.94. The molecule has 1 N–H and O–H groups in total. The number of rotatable bonds is 4. The Balaban J connectivity index is 2.86. The van der Waals surface area contributed by atoms with Crippen LogP contribution >= 0.6 is 0 Å². The minimum atomic E-state index is -5.04. The molecule has 0 spiro atoms. The Labute approximate surface area is 119 Å². The van der Waals surface area contributed by atoms with Gasteiger partial charge in [0.1, 0.15) is 12.4 Å². The first-order valence-electron chi connectivity index (χ1n) is 6.29. The van der Waals surface area contributed by atoms with E-state index in [0.29, 0.717) is 6.29 Å². The summed E-state index contributed by atoms with van der Waals surface area (Å²) in [5.74, 6) is -2.82. The quantitative estimate of drug-likeness (QED) is 0.611. The molecule has 0 aromatic rings. The summed E-state index contributed by atoms with van der Waals surface area (Å²) in [6.45, 7) is 2.60. The molecule has 0 aromatic heterocycles. The number of hydrogen-bond donors (Lipinski definition) is 1. The highest BCUT2D eigenvalue weighted by Gasteiger charge is 2.45. The summed E-state index contributed by atoms with van der Waals surface area (Å²) in [4.78, 5) is 32.6. The van der Waals surface area contributed by atoms with Gasteiger partial charge in [-0.25, -0.2) is 0 Å². The summed E-state index contributed by atoms with van der Waals surface area (Å²) in [5.41, 5.74) is 0. The van der Waals surface area contributed by atoms with E-state index in [2.05, 4.69) is 0 Å². The third-order valence-corrected chi connectivity index (χ3v) is 3.02. The average molecular weight is 311 g/mol. The zero-order chi connectivity index (χ0) is 16.2. The Morgan fingerprint density at radius 1 is 1.43 bits per heavy atom. The molecule has 120 valence electrons. The molecule has 4 atom stereocenters. The Kier molecular flexibility index (Phi) is 5.70. The normalized spacial score (nSPS) is 29.6. The number of alkyl halides is 3. The molecule has 21 heavy (non-hydrogen) atoms. The molecular formula is C12H16F3NO5. The maximum absolute atomic E-state index is 12.3. The van der Waals surface area contributed by atoms with Crippen LogP contribution < -0.4 is 5.32 Å². The zero-order valence-corrected chi connectivity index (χ0v) is 11.5. The third kappa shape index (κ3) is 5.00. The van der Waals surface area contributed by atoms with Crippen molar-refractivity contribution in [1.29, 1.82) is 0 Å². The number of amides is 1. The summed E-state index contributed by atoms with van der Waals surface area (Å²) < 4.78 is 47.3. The smallest absolute Gasteiger partial charge is 0.458 e. The molecule has 0 aromatic carbocycles. The van der Waals surface area contributed by atoms with E-state index in [4.69, 9.17) is 9.47 Å². The molecule has 0 aliphatic carbocycles. The van der Waals surface area contributed by atoms with Gasteiger partial charge in [-0.2, -0.15) is 13.2 Å². The van der Waals surface area contributed by atoms with Gasteiger partial charge in [-0.05, 0) is 13.3 Å². The predicted octanol–water partition coefficient (Wildman–Crippen LogP) is 0.732. The van der Waals surface area contributed by atoms with E-state index < -0.39 is 42.4 Å². The molecule has 0 unspecified atom stereocenters. The molecule has 1 aliphatic rings. The van der Waals surface area contributed by atoms with Crippen molar-refractivity contribution in [3.63, 3.8) is 0 Å². The maximum Gasteiger partial charge on any atom is 0.471 e. The number of carbonyl (C=O) groups is 3. The molecule has 0 radical (unpaired) electrons. The van der Waals surface area contributed by atoms with Crippen LogP contribution in [0.4, 0.5) is 13.2 Å². The Hall–Kier alpha value is -1.64. The molecule has 6 nitrogen and oxygen atoms in total. The molecule has 1 saturated heterocycles. The second kappa shape index (κ2) is 6.88. The molecule has 9 heteroatoms. The largest absolute Gasteiger partial charge is 0.471 e. The van der Waals surface area contributed by atoms with E-state index in [9.17, 15) is 27.6 Å². The van der Waals surface area contributed by atoms with Gasteiger partial charge in [-0.15, -0.1) is 0 Å². The van der Waals surface area contributed by atoms with Crippen LogP contribution in [0.25, 0.3) is 0 Å². The van der Waals surface area contributed by atoms with Crippen molar-refractivity contribution in [3.05, 3.63) is 0 Å². The van der Waals surface area contributed by atoms with Crippen molar-refractivity contribution in [2.75, 3.05) is 0 Å². The third-order valence-electron chi connectivity index (χ3n) is 3.02. The van der Waals surface area contributed by atoms with Gasteiger partial charge >= 0.3 is 18.1 Å². The number of nitrogens with one attached hydrogen (secondary N) is 1. The zero-order valence-electron chi connectivity index (χ0n) is 11.5. The lowest BCUT2D eigenvalue weighted by molar-refractivity contribution is -0.186. The van der Waals surface area contributed by atoms with E-state index in [1.807, 2.05) is 0 Å². The van der Waals surface area contributed by atoms with E-state index in [0.717, 1.165) is 6.92 Å². The molecule has 1 rings (SSSR count). The fraction of sp³-hybridized carbons (Fsp3) is 0.750. The monoisotopic (exact) mass is 311 g/mol. The first-order valence-corrected chi connectivity index (χ1v) is 6.29. The van der Waals surface area contributed by atoms with Crippen LogP contribution in [-0.4, -0.2) is 48.7 Å². The Morgan fingerprint density at radius 2 is 2.05 bits per heavy atom. The number of hydrogen-bond acceptors (Lipinski definition) is 5. The van der Waals surface area contributed by atoms with Gasteiger partial charge in [-0.3, -0.25) is 9.59 Å². The minimum Gasteiger partial charge on any atom is -0.458 e. The fourth-order valence-corrected chi connectivity index (χ4v) is 2.20. The van der Waals surface area contributed by atoms with Crippen LogP contribution in [0.15, 0.2) is 0 Å². The molecule has 1 heterocycles. The topological polar surface area (TPSA) is 81.7 Å². The standard InChI is InChI=1S/C12H16F3NO5/c1-6-10(21-7(2)18)9(5-8(20-6)3-4-17)16-11(19)12(13,14)15/h4,6,8-10H,3,5H2,1-2H3,(H,16,19)/t6-,8-,9-,10+/m0/s1. The van der Waals surface area contributed by atoms with Crippen molar-refractivity contribution in [3.8, 4) is 0 Å². The van der Waals surface area contributed by atoms with Gasteiger partial charge in [-0.1, -0.05) is 0 Å². The van der Waals surface area contributed by atoms with E-state index in [1.54, 1.807) is 5.32 Å². The van der Waals surface area contributed by atoms with Crippen molar-refractivity contribution in [1.82, 2.24) is 5.32 Å². The maximum atomic E-state index is 12.3. The number of esters is 1. The second-order valence-electron chi connectivity index (χ2n) is 4.75. The van der Waals surface area contributed by atoms with Crippen LogP contribution in [0, 0.1) is 0 Å². The van der Waals surface area contributed by atoms with Crippen molar-refractivity contribution >= 4 is 18.2 Å². The number of carbonyl (C=O) groups excluding carboxylic acids is 3. The summed E-state index contributed by atoms with van der Waals surface area (Å²) in [7, 11) is 0. The second-order valence-corrected chi connectivity index (χ2v) is 4.75. The molecule has 1 fully saturated rings. The van der Waals surface area contributed by atoms with Crippen molar-refractivity contribution < 1.29 is 37.0 Å². The number of ether oxygens (including phenoxy) is 2. The fourth-order valence-electron chi connectivity index (χ4n) is 2.20. The van der Waals surface area contributed by atoms with E-state index >= 15 is 0 Å². The summed E-state index contributed by atoms with van der Waals surface area (Å²) in [6, 6.07) is -1.07. The molecule has 0 saturated carbocycles. The SMILES string of the molecule is CC(=O)O[C@H]1[C@@H](NC(=O)C(F)(F)F)C[C@H](CC=O)O[C@H]1C. The van der Waals surface area contributed by atoms with Gasteiger partial charge in [0.2, 0.25) is 0 Å². The Bertz CT molecular complexity index is 412. The molecular weight excluding hydrogens is 295 g/mol. The van der Waals surface area contributed by atoms with E-state index in [-0.39, 0.29) is 12.8 Å². The average Bonchev–Trinajstić information content (AvgIpc) is 2.32. The van der Waals surface area contributed by atoms with Crippen LogP contribution in [0.5, 0.6) is 0 Å². The van der Waals surface area contributed by atoms with Crippen molar-refractivity contribution in [2.45, 2.75) is 57.2 Å². The first-order chi connectivity index (χ1) is 9.65. The van der Waals surface area contributed by atoms with Crippen LogP contribution in [0.2, 0.25) is 0 Å². The summed E-state index contributed by atoms with van der Waals surface area (Å²) in [6.07, 6.45) is -6.96. The Morgan fingerprint density at radius 3 is 2.52 bits per heavy atom.